The summed E-state index contributed by atoms with van der Waals surface area (Å²) in [6, 6.07) is 39.0. The molecule has 0 atom stereocenters. The fourth-order valence-electron chi connectivity index (χ4n) is 5.01. The van der Waals surface area contributed by atoms with Crippen molar-refractivity contribution in [3.8, 4) is 0 Å². The summed E-state index contributed by atoms with van der Waals surface area (Å²) in [5, 5.41) is 0. The van der Waals surface area contributed by atoms with Crippen LogP contribution in [0.2, 0.25) is 0 Å². The van der Waals surface area contributed by atoms with Gasteiger partial charge in [-0.2, -0.15) is 10.9 Å². The fraction of sp³-hybridized carbons (Fsp3) is 0. The highest BCUT2D eigenvalue weighted by Crippen LogP contribution is 2.70. The third-order valence-electron chi connectivity index (χ3n) is 6.34. The Morgan fingerprint density at radius 1 is 0.455 bits per heavy atom. The molecule has 158 valence electrons. The van der Waals surface area contributed by atoms with Crippen molar-refractivity contribution in [2.45, 2.75) is 14.7 Å². The molecule has 0 spiro atoms. The Kier molecular flexibility index (Phi) is 4.08. The first-order valence-corrected chi connectivity index (χ1v) is 12.4. The third-order valence-corrected chi connectivity index (χ3v) is 8.97. The topological polar surface area (TPSA) is 19.4 Å². The molecule has 7 rings (SSSR count). The van der Waals surface area contributed by atoms with Crippen molar-refractivity contribution in [3.63, 3.8) is 0 Å². The van der Waals surface area contributed by atoms with Crippen LogP contribution < -0.4 is 9.80 Å². The Bertz CT molecular complexity index is 1370. The molecule has 4 heteroatoms. The van der Waals surface area contributed by atoms with E-state index in [1.54, 1.807) is 0 Å². The van der Waals surface area contributed by atoms with Crippen molar-refractivity contribution >= 4 is 45.0 Å². The highest BCUT2D eigenvalue weighted by molar-refractivity contribution is 8.17. The highest BCUT2D eigenvalue weighted by Gasteiger charge is 2.38. The summed E-state index contributed by atoms with van der Waals surface area (Å²) in [5.41, 5.74) is 7.12. The van der Waals surface area contributed by atoms with Crippen LogP contribution in [0.5, 0.6) is 0 Å². The Morgan fingerprint density at radius 2 is 0.879 bits per heavy atom. The molecule has 0 aliphatic carbocycles. The normalized spacial score (nSPS) is 14.4. The number of nitrogens with zero attached hydrogens (tertiary/aromatic N) is 3. The van der Waals surface area contributed by atoms with Crippen molar-refractivity contribution in [3.05, 3.63) is 122 Å². The molecule has 1 aromatic heterocycles. The summed E-state index contributed by atoms with van der Waals surface area (Å²) in [4.78, 5) is 13.6. The van der Waals surface area contributed by atoms with Gasteiger partial charge >= 0.3 is 0 Å². The van der Waals surface area contributed by atoms with Crippen molar-refractivity contribution < 1.29 is 0 Å². The van der Waals surface area contributed by atoms with Crippen LogP contribution in [0, 0.1) is 0 Å². The second kappa shape index (κ2) is 7.26. The van der Waals surface area contributed by atoms with Gasteiger partial charge in [0.1, 0.15) is 0 Å². The molecule has 2 aliphatic heterocycles. The number of anilines is 6. The number of rotatable bonds is 2. The lowest BCUT2D eigenvalue weighted by Crippen LogP contribution is -2.23. The van der Waals surface area contributed by atoms with E-state index in [2.05, 4.69) is 119 Å². The van der Waals surface area contributed by atoms with E-state index in [-0.39, 0.29) is 0 Å². The van der Waals surface area contributed by atoms with E-state index in [1.807, 2.05) is 12.4 Å². The Balaban J connectivity index is 1.58. The van der Waals surface area contributed by atoms with Crippen molar-refractivity contribution in [1.29, 1.82) is 0 Å². The molecule has 3 heterocycles. The smallest absolute Gasteiger partial charge is 0.0792 e. The molecular weight excluding hydrogens is 422 g/mol. The molecule has 0 unspecified atom stereocenters. The molecule has 0 fully saturated rings. The Morgan fingerprint density at radius 3 is 1.36 bits per heavy atom. The van der Waals surface area contributed by atoms with Crippen LogP contribution in [0.25, 0.3) is 0 Å². The largest absolute Gasteiger partial charge is 0.307 e. The maximum atomic E-state index is 4.76. The summed E-state index contributed by atoms with van der Waals surface area (Å²) < 4.78 is 0. The minimum absolute atomic E-state index is 0.708. The van der Waals surface area contributed by atoms with Crippen molar-refractivity contribution in [1.82, 2.24) is 4.98 Å². The van der Waals surface area contributed by atoms with Gasteiger partial charge in [0.25, 0.3) is 0 Å². The van der Waals surface area contributed by atoms with E-state index >= 15 is 0 Å². The first-order chi connectivity index (χ1) is 16.4. The summed E-state index contributed by atoms with van der Waals surface area (Å²) in [5.74, 6) is 0. The molecule has 33 heavy (non-hydrogen) atoms. The molecule has 2 aliphatic rings. The van der Waals surface area contributed by atoms with E-state index in [0.29, 0.717) is 0 Å². The molecule has 0 amide bonds. The lowest BCUT2D eigenvalue weighted by Gasteiger charge is -2.46. The minimum atomic E-state index is -0.708. The zero-order valence-corrected chi connectivity index (χ0v) is 18.7. The van der Waals surface area contributed by atoms with Crippen LogP contribution >= 0.6 is 10.9 Å². The number of benzene rings is 4. The number of thiol groups is 1. The van der Waals surface area contributed by atoms with Crippen LogP contribution in [0.4, 0.5) is 34.1 Å². The zero-order chi connectivity index (χ0) is 21.8. The fourth-order valence-corrected chi connectivity index (χ4v) is 7.81. The van der Waals surface area contributed by atoms with E-state index < -0.39 is 10.9 Å². The van der Waals surface area contributed by atoms with Gasteiger partial charge in [0.15, 0.2) is 0 Å². The second-order valence-electron chi connectivity index (χ2n) is 8.18. The first-order valence-electron chi connectivity index (χ1n) is 11.1. The SMILES string of the molecule is c1ccc(N2c3ccccc3[SH]3c4ccccc4N(c4ccccc4)c4cncc2c43)cc1. The van der Waals surface area contributed by atoms with Gasteiger partial charge in [0.2, 0.25) is 0 Å². The molecule has 0 bridgehead atoms. The number of hydrogen-bond donors (Lipinski definition) is 1. The molecule has 0 radical (unpaired) electrons. The predicted molar refractivity (Wildman–Crippen MR) is 137 cm³/mol. The molecule has 0 N–H and O–H groups in total. The molecule has 5 aromatic rings. The predicted octanol–water partition coefficient (Wildman–Crippen LogP) is 8.13. The average Bonchev–Trinajstić information content (AvgIpc) is 2.89. The lowest BCUT2D eigenvalue weighted by molar-refractivity contribution is 1.06. The monoisotopic (exact) mass is 443 g/mol. The zero-order valence-electron chi connectivity index (χ0n) is 17.8. The highest BCUT2D eigenvalue weighted by atomic mass is 32.2. The molecular formula is C29H21N3S. The Hall–Kier alpha value is -4.02. The van der Waals surface area contributed by atoms with E-state index in [0.717, 1.165) is 11.4 Å². The average molecular weight is 444 g/mol. The third kappa shape index (κ3) is 2.68. The lowest BCUT2D eigenvalue weighted by atomic mass is 10.1. The number of pyridine rings is 1. The van der Waals surface area contributed by atoms with E-state index in [1.165, 1.54) is 37.4 Å². The molecule has 0 saturated heterocycles. The van der Waals surface area contributed by atoms with Gasteiger partial charge in [0, 0.05) is 26.1 Å². The van der Waals surface area contributed by atoms with Gasteiger partial charge < -0.3 is 9.80 Å². The van der Waals surface area contributed by atoms with Crippen LogP contribution in [-0.4, -0.2) is 4.98 Å². The quantitative estimate of drug-likeness (QED) is 0.272. The summed E-state index contributed by atoms with van der Waals surface area (Å²) in [6.07, 6.45) is 4.07. The van der Waals surface area contributed by atoms with Crippen LogP contribution in [0.15, 0.2) is 136 Å². The molecule has 0 saturated carbocycles. The van der Waals surface area contributed by atoms with Crippen molar-refractivity contribution in [2.24, 2.45) is 0 Å². The number of fused-ring (bicyclic) bond motifs is 4. The summed E-state index contributed by atoms with van der Waals surface area (Å²) in [6.45, 7) is 0. The molecule has 4 aromatic carbocycles. The van der Waals surface area contributed by atoms with Crippen LogP contribution in [0.3, 0.4) is 0 Å². The van der Waals surface area contributed by atoms with Crippen molar-refractivity contribution in [2.75, 3.05) is 9.80 Å². The van der Waals surface area contributed by atoms with Crippen LogP contribution in [-0.2, 0) is 0 Å². The Labute approximate surface area is 195 Å². The van der Waals surface area contributed by atoms with E-state index in [9.17, 15) is 0 Å². The maximum Gasteiger partial charge on any atom is 0.0792 e. The van der Waals surface area contributed by atoms with Gasteiger partial charge in [-0.05, 0) is 48.5 Å². The first kappa shape index (κ1) is 18.5. The molecule has 3 nitrogen and oxygen atoms in total. The maximum absolute atomic E-state index is 4.76. The summed E-state index contributed by atoms with van der Waals surface area (Å²) >= 11 is 0. The minimum Gasteiger partial charge on any atom is -0.307 e. The number of para-hydroxylation sites is 4. The van der Waals surface area contributed by atoms with Gasteiger partial charge in [-0.15, -0.1) is 0 Å². The van der Waals surface area contributed by atoms with Crippen LogP contribution in [0.1, 0.15) is 0 Å². The summed E-state index contributed by atoms with van der Waals surface area (Å²) in [7, 11) is -0.708. The van der Waals surface area contributed by atoms with Gasteiger partial charge in [-0.25, -0.2) is 0 Å². The van der Waals surface area contributed by atoms with Gasteiger partial charge in [-0.1, -0.05) is 60.7 Å². The van der Waals surface area contributed by atoms with Gasteiger partial charge in [0.05, 0.1) is 35.1 Å². The standard InChI is InChI=1S/C29H21N3S/c1-3-11-21(12-4-1)31-23-15-7-9-17-27(23)33-28-18-10-8-16-24(28)32(22-13-5-2-6-14-22)26-20-30-19-25(31)29(26)33/h1-20,33H. The number of aromatic nitrogens is 1. The van der Waals surface area contributed by atoms with E-state index in [4.69, 9.17) is 4.98 Å². The number of hydrogen-bond acceptors (Lipinski definition) is 3. The second-order valence-corrected chi connectivity index (χ2v) is 10.3. The van der Waals surface area contributed by atoms with Gasteiger partial charge in [-0.3, -0.25) is 4.98 Å².